The molecule has 0 spiro atoms. The van der Waals surface area contributed by atoms with Gasteiger partial charge in [0.05, 0.1) is 14.7 Å². The lowest BCUT2D eigenvalue weighted by Crippen LogP contribution is -2.24. The number of phenols is 1. The number of aromatic hydroxyl groups is 1. The third-order valence-corrected chi connectivity index (χ3v) is 6.44. The Bertz CT molecular complexity index is 376. The van der Waals surface area contributed by atoms with Gasteiger partial charge in [0, 0.05) is 0 Å². The molecular formula is C15H22O2Si. The van der Waals surface area contributed by atoms with Crippen LogP contribution in [-0.4, -0.2) is 19.8 Å². The second kappa shape index (κ2) is 7.06. The van der Waals surface area contributed by atoms with E-state index in [4.69, 9.17) is 9.84 Å². The maximum Gasteiger partial charge on any atom is 0.119 e. The topological polar surface area (TPSA) is 29.5 Å². The fourth-order valence-corrected chi connectivity index (χ4v) is 3.21. The Hall–Kier alpha value is -1.48. The molecule has 0 bridgehead atoms. The summed E-state index contributed by atoms with van der Waals surface area (Å²) in [6, 6.07) is 8.01. The van der Waals surface area contributed by atoms with E-state index in [1.807, 2.05) is 0 Å². The molecule has 0 heterocycles. The fourth-order valence-electron chi connectivity index (χ4n) is 1.63. The molecule has 1 rings (SSSR count). The van der Waals surface area contributed by atoms with Crippen LogP contribution in [0.15, 0.2) is 48.8 Å². The van der Waals surface area contributed by atoms with Crippen molar-refractivity contribution in [2.24, 2.45) is 0 Å². The number of ether oxygens (including phenoxy) is 1. The van der Waals surface area contributed by atoms with E-state index < -0.39 is 8.07 Å². The van der Waals surface area contributed by atoms with E-state index in [2.05, 4.69) is 31.1 Å². The Morgan fingerprint density at radius 3 is 2.33 bits per heavy atom. The van der Waals surface area contributed by atoms with Gasteiger partial charge in [-0.3, -0.25) is 0 Å². The van der Waals surface area contributed by atoms with E-state index in [1.54, 1.807) is 24.3 Å². The van der Waals surface area contributed by atoms with E-state index >= 15 is 0 Å². The lowest BCUT2D eigenvalue weighted by molar-refractivity contribution is 0.308. The molecule has 0 saturated heterocycles. The minimum Gasteiger partial charge on any atom is -0.508 e. The zero-order valence-corrected chi connectivity index (χ0v) is 12.1. The van der Waals surface area contributed by atoms with E-state index in [0.717, 1.165) is 18.6 Å². The van der Waals surface area contributed by atoms with Crippen molar-refractivity contribution in [3.8, 4) is 11.5 Å². The van der Waals surface area contributed by atoms with Gasteiger partial charge in [0.25, 0.3) is 0 Å². The summed E-state index contributed by atoms with van der Waals surface area (Å²) < 4.78 is 5.60. The molecule has 1 N–H and O–H groups in total. The van der Waals surface area contributed by atoms with Crippen LogP contribution in [0.5, 0.6) is 11.5 Å². The molecule has 0 aromatic heterocycles. The van der Waals surface area contributed by atoms with Crippen molar-refractivity contribution in [2.75, 3.05) is 6.61 Å². The quantitative estimate of drug-likeness (QED) is 0.565. The van der Waals surface area contributed by atoms with Gasteiger partial charge in [-0.25, -0.2) is 0 Å². The largest absolute Gasteiger partial charge is 0.508 e. The van der Waals surface area contributed by atoms with Crippen molar-refractivity contribution in [1.29, 1.82) is 0 Å². The molecule has 0 atom stereocenters. The number of hydrogen-bond acceptors (Lipinski definition) is 2. The fraction of sp³-hybridized carbons (Fsp3) is 0.333. The number of hydrogen-bond donors (Lipinski definition) is 1. The van der Waals surface area contributed by atoms with Crippen molar-refractivity contribution < 1.29 is 9.84 Å². The van der Waals surface area contributed by atoms with E-state index in [-0.39, 0.29) is 5.75 Å². The Kier molecular flexibility index (Phi) is 5.72. The minimum atomic E-state index is -1.39. The Balaban J connectivity index is 2.21. The SMILES string of the molecule is C=C[Si](C)(C=C)CCCCOc1ccc(O)cc1. The summed E-state index contributed by atoms with van der Waals surface area (Å²) in [7, 11) is -1.39. The molecule has 1 aromatic rings. The van der Waals surface area contributed by atoms with E-state index in [0.29, 0.717) is 6.61 Å². The average molecular weight is 262 g/mol. The Labute approximate surface area is 111 Å². The summed E-state index contributed by atoms with van der Waals surface area (Å²) in [5.74, 6) is 1.07. The highest BCUT2D eigenvalue weighted by Crippen LogP contribution is 2.18. The molecule has 3 heteroatoms. The van der Waals surface area contributed by atoms with Crippen molar-refractivity contribution in [3.05, 3.63) is 48.8 Å². The molecule has 0 aliphatic rings. The van der Waals surface area contributed by atoms with Crippen LogP contribution in [-0.2, 0) is 0 Å². The number of phenolic OH excluding ortho intramolecular Hbond substituents is 1. The molecule has 0 unspecified atom stereocenters. The normalized spacial score (nSPS) is 10.9. The number of unbranched alkanes of at least 4 members (excludes halogenated alkanes) is 1. The predicted octanol–water partition coefficient (Wildman–Crippen LogP) is 4.08. The zero-order chi connectivity index (χ0) is 13.4. The van der Waals surface area contributed by atoms with Crippen molar-refractivity contribution in [1.82, 2.24) is 0 Å². The molecule has 18 heavy (non-hydrogen) atoms. The van der Waals surface area contributed by atoms with Crippen LogP contribution in [0, 0.1) is 0 Å². The van der Waals surface area contributed by atoms with Crippen LogP contribution < -0.4 is 4.74 Å². The lowest BCUT2D eigenvalue weighted by Gasteiger charge is -2.17. The van der Waals surface area contributed by atoms with Crippen molar-refractivity contribution in [3.63, 3.8) is 0 Å². The van der Waals surface area contributed by atoms with Gasteiger partial charge >= 0.3 is 0 Å². The first kappa shape index (κ1) is 14.6. The van der Waals surface area contributed by atoms with E-state index in [9.17, 15) is 0 Å². The summed E-state index contributed by atoms with van der Waals surface area (Å²) in [5.41, 5.74) is 4.17. The average Bonchev–Trinajstić information content (AvgIpc) is 2.40. The van der Waals surface area contributed by atoms with Crippen LogP contribution in [0.25, 0.3) is 0 Å². The molecule has 98 valence electrons. The molecule has 0 radical (unpaired) electrons. The Morgan fingerprint density at radius 2 is 1.78 bits per heavy atom. The van der Waals surface area contributed by atoms with Gasteiger partial charge in [-0.1, -0.05) is 30.4 Å². The summed E-state index contributed by atoms with van der Waals surface area (Å²) in [6.45, 7) is 10.8. The molecule has 0 fully saturated rings. The molecule has 0 aliphatic heterocycles. The highest BCUT2D eigenvalue weighted by Gasteiger charge is 2.17. The first-order chi connectivity index (χ1) is 8.59. The third-order valence-electron chi connectivity index (χ3n) is 3.15. The molecule has 0 amide bonds. The monoisotopic (exact) mass is 262 g/mol. The molecule has 1 aromatic carbocycles. The second-order valence-corrected chi connectivity index (χ2v) is 9.04. The number of rotatable bonds is 8. The van der Waals surface area contributed by atoms with E-state index in [1.165, 1.54) is 6.04 Å². The van der Waals surface area contributed by atoms with Crippen molar-refractivity contribution in [2.45, 2.75) is 25.4 Å². The lowest BCUT2D eigenvalue weighted by atomic mass is 10.3. The first-order valence-corrected chi connectivity index (χ1v) is 9.15. The van der Waals surface area contributed by atoms with Gasteiger partial charge < -0.3 is 9.84 Å². The van der Waals surface area contributed by atoms with Crippen LogP contribution in [0.2, 0.25) is 12.6 Å². The van der Waals surface area contributed by atoms with Gasteiger partial charge in [-0.05, 0) is 30.7 Å². The highest BCUT2D eigenvalue weighted by atomic mass is 28.3. The van der Waals surface area contributed by atoms with Gasteiger partial charge in [0.2, 0.25) is 0 Å². The predicted molar refractivity (Wildman–Crippen MR) is 79.7 cm³/mol. The molecule has 0 aliphatic carbocycles. The molecule has 2 nitrogen and oxygen atoms in total. The smallest absolute Gasteiger partial charge is 0.119 e. The summed E-state index contributed by atoms with van der Waals surface area (Å²) >= 11 is 0. The zero-order valence-electron chi connectivity index (χ0n) is 11.1. The summed E-state index contributed by atoms with van der Waals surface area (Å²) in [5, 5.41) is 9.14. The van der Waals surface area contributed by atoms with Gasteiger partial charge in [0.15, 0.2) is 0 Å². The van der Waals surface area contributed by atoms with Crippen LogP contribution >= 0.6 is 0 Å². The van der Waals surface area contributed by atoms with Crippen LogP contribution in [0.4, 0.5) is 0 Å². The molecular weight excluding hydrogens is 240 g/mol. The van der Waals surface area contributed by atoms with Gasteiger partial charge in [-0.2, -0.15) is 0 Å². The van der Waals surface area contributed by atoms with Crippen LogP contribution in [0.1, 0.15) is 12.8 Å². The Morgan fingerprint density at radius 1 is 1.17 bits per heavy atom. The number of benzene rings is 1. The summed E-state index contributed by atoms with van der Waals surface area (Å²) in [4.78, 5) is 0. The highest BCUT2D eigenvalue weighted by molar-refractivity contribution is 6.87. The van der Waals surface area contributed by atoms with Crippen molar-refractivity contribution >= 4 is 8.07 Å². The maximum atomic E-state index is 9.14. The standard InChI is InChI=1S/C15H22O2Si/c1-4-18(3,5-2)13-7-6-12-17-15-10-8-14(16)9-11-15/h4-5,8-11,16H,1-2,6-7,12-13H2,3H3. The van der Waals surface area contributed by atoms with Gasteiger partial charge in [-0.15, -0.1) is 13.2 Å². The van der Waals surface area contributed by atoms with Gasteiger partial charge in [0.1, 0.15) is 11.5 Å². The summed E-state index contributed by atoms with van der Waals surface area (Å²) in [6.07, 6.45) is 2.17. The second-order valence-electron chi connectivity index (χ2n) is 4.71. The minimum absolute atomic E-state index is 0.265. The van der Waals surface area contributed by atoms with Crippen LogP contribution in [0.3, 0.4) is 0 Å². The third kappa shape index (κ3) is 4.80. The molecule has 0 saturated carbocycles. The maximum absolute atomic E-state index is 9.14. The first-order valence-electron chi connectivity index (χ1n) is 6.29.